The van der Waals surface area contributed by atoms with E-state index in [9.17, 15) is 9.90 Å². The summed E-state index contributed by atoms with van der Waals surface area (Å²) in [6.45, 7) is 0. The minimum Gasteiger partial charge on any atom is -0.507 e. The molecule has 0 saturated heterocycles. The van der Waals surface area contributed by atoms with Crippen LogP contribution in [-0.2, 0) is 0 Å². The number of thioether (sulfide) groups is 1. The van der Waals surface area contributed by atoms with E-state index >= 15 is 0 Å². The number of carbonyl (C=O) groups excluding carboxylic acids is 1. The van der Waals surface area contributed by atoms with E-state index in [1.165, 1.54) is 17.8 Å². The molecule has 5 heteroatoms. The van der Waals surface area contributed by atoms with Crippen molar-refractivity contribution in [3.63, 3.8) is 0 Å². The molecule has 0 unspecified atom stereocenters. The molecule has 14 heavy (non-hydrogen) atoms. The summed E-state index contributed by atoms with van der Waals surface area (Å²) in [4.78, 5) is 12.1. The van der Waals surface area contributed by atoms with Crippen LogP contribution in [0.5, 0.6) is 5.75 Å². The van der Waals surface area contributed by atoms with Crippen LogP contribution in [0, 0.1) is 41.3 Å². The van der Waals surface area contributed by atoms with Crippen LogP contribution in [0.15, 0.2) is 17.0 Å². The molecule has 2 nitrogen and oxygen atoms in total. The van der Waals surface area contributed by atoms with E-state index < -0.39 is 0 Å². The quantitative estimate of drug-likeness (QED) is 0.777. The number of rotatable bonds is 0. The van der Waals surface area contributed by atoms with Gasteiger partial charge in [-0.15, -0.1) is 11.8 Å². The predicted molar refractivity (Wildman–Crippen MR) is 52.8 cm³/mol. The Morgan fingerprint density at radius 2 is 2.14 bits per heavy atom. The summed E-state index contributed by atoms with van der Waals surface area (Å²) in [6.07, 6.45) is 0.501. The van der Waals surface area contributed by atoms with Crippen LogP contribution in [0.3, 0.4) is 0 Å². The van der Waals surface area contributed by atoms with Crippen molar-refractivity contribution in [2.45, 2.75) is 11.3 Å². The maximum Gasteiger partial charge on any atom is 0.166 e. The molecule has 1 heterocycles. The summed E-state index contributed by atoms with van der Waals surface area (Å²) < 4.78 is 0. The Morgan fingerprint density at radius 1 is 1.43 bits per heavy atom. The van der Waals surface area contributed by atoms with Crippen molar-refractivity contribution in [2.75, 3.05) is 5.75 Å². The minimum atomic E-state index is 0. The van der Waals surface area contributed by atoms with Gasteiger partial charge in [-0.1, -0.05) is 11.6 Å². The Hall–Kier alpha value is 0.694. The summed E-state index contributed by atoms with van der Waals surface area (Å²) in [5.74, 6) is 0.895. The Bertz CT molecular complexity index is 381. The average Bonchev–Trinajstić information content (AvgIpc) is 2.12. The fourth-order valence-electron chi connectivity index (χ4n) is 1.32. The van der Waals surface area contributed by atoms with E-state index in [1.807, 2.05) is 0 Å². The normalized spacial score (nSPS) is 14.5. The number of fused-ring (bicyclic) bond motifs is 1. The first-order chi connectivity index (χ1) is 6.20. The van der Waals surface area contributed by atoms with Gasteiger partial charge in [0.05, 0.1) is 15.5 Å². The second-order valence-corrected chi connectivity index (χ2v) is 4.30. The third kappa shape index (κ3) is 2.26. The topological polar surface area (TPSA) is 37.3 Å². The zero-order chi connectivity index (χ0) is 9.42. The van der Waals surface area contributed by atoms with Crippen molar-refractivity contribution < 1.29 is 51.2 Å². The fraction of sp³-hybridized carbons (Fsp3) is 0.222. The van der Waals surface area contributed by atoms with Gasteiger partial charge in [0.2, 0.25) is 0 Å². The monoisotopic (exact) mass is 355 g/mol. The Kier molecular flexibility index (Phi) is 4.70. The standard InChI is InChI=1S/C9H7ClO2S.Pr/c10-5-1-2-7(12)9-8(5)6(11)3-4-13-9;/h1-2,12H,3-4H2;. The van der Waals surface area contributed by atoms with Gasteiger partial charge in [-0.25, -0.2) is 0 Å². The second kappa shape index (κ2) is 5.15. The van der Waals surface area contributed by atoms with E-state index in [2.05, 4.69) is 0 Å². The van der Waals surface area contributed by atoms with E-state index in [4.69, 9.17) is 11.6 Å². The first-order valence-electron chi connectivity index (χ1n) is 3.87. The molecule has 1 aromatic carbocycles. The van der Waals surface area contributed by atoms with Crippen LogP contribution >= 0.6 is 23.4 Å². The van der Waals surface area contributed by atoms with Gasteiger partial charge in [0.1, 0.15) is 5.75 Å². The number of aromatic hydroxyl groups is 1. The van der Waals surface area contributed by atoms with Crippen LogP contribution in [0.4, 0.5) is 0 Å². The molecule has 1 aliphatic rings. The number of phenolic OH excluding ortho intramolecular Hbond substituents is 1. The van der Waals surface area contributed by atoms with Gasteiger partial charge < -0.3 is 5.11 Å². The summed E-state index contributed by atoms with van der Waals surface area (Å²) in [6, 6.07) is 3.08. The van der Waals surface area contributed by atoms with E-state index in [-0.39, 0.29) is 52.8 Å². The predicted octanol–water partition coefficient (Wildman–Crippen LogP) is 2.72. The molecule has 0 amide bonds. The van der Waals surface area contributed by atoms with Crippen molar-refractivity contribution in [3.8, 4) is 5.75 Å². The van der Waals surface area contributed by atoms with Crippen LogP contribution < -0.4 is 0 Å². The molecule has 0 aliphatic carbocycles. The first kappa shape index (κ1) is 12.8. The summed E-state index contributed by atoms with van der Waals surface area (Å²) >= 11 is 7.34. The number of hydrogen-bond acceptors (Lipinski definition) is 3. The molecule has 1 aliphatic heterocycles. The summed E-state index contributed by atoms with van der Waals surface area (Å²) in [5, 5.41) is 9.90. The number of phenols is 1. The van der Waals surface area contributed by atoms with E-state index in [0.717, 1.165) is 5.75 Å². The first-order valence-corrected chi connectivity index (χ1v) is 5.24. The maximum absolute atomic E-state index is 11.4. The van der Waals surface area contributed by atoms with Crippen LogP contribution in [0.25, 0.3) is 0 Å². The molecule has 1 radical (unpaired) electrons. The number of Topliss-reactive ketones (excluding diaryl/α,β-unsaturated/α-hetero) is 1. The molecular formula is C9H7ClO2PrS. The van der Waals surface area contributed by atoms with Gasteiger partial charge in [0.15, 0.2) is 5.78 Å². The molecule has 1 aromatic rings. The van der Waals surface area contributed by atoms with E-state index in [1.54, 1.807) is 6.07 Å². The van der Waals surface area contributed by atoms with Crippen molar-refractivity contribution in [1.82, 2.24) is 0 Å². The van der Waals surface area contributed by atoms with Crippen molar-refractivity contribution in [1.29, 1.82) is 0 Å². The summed E-state index contributed by atoms with van der Waals surface area (Å²) in [7, 11) is 0. The van der Waals surface area contributed by atoms with Crippen LogP contribution in [0.2, 0.25) is 5.02 Å². The SMILES string of the molecule is O=C1CCSc2c(O)ccc(Cl)c21.[Pr]. The number of ketones is 1. The van der Waals surface area contributed by atoms with Gasteiger partial charge >= 0.3 is 0 Å². The molecule has 0 aromatic heterocycles. The molecule has 1 N–H and O–H groups in total. The number of hydrogen-bond donors (Lipinski definition) is 1. The summed E-state index contributed by atoms with van der Waals surface area (Å²) in [5.41, 5.74) is 0.484. The van der Waals surface area contributed by atoms with Crippen molar-refractivity contribution >= 4 is 29.1 Å². The van der Waals surface area contributed by atoms with Crippen LogP contribution in [0.1, 0.15) is 16.8 Å². The Morgan fingerprint density at radius 3 is 2.79 bits per heavy atom. The molecule has 0 fully saturated rings. The second-order valence-electron chi connectivity index (χ2n) is 2.79. The zero-order valence-electron chi connectivity index (χ0n) is 7.29. The smallest absolute Gasteiger partial charge is 0.166 e. The zero-order valence-corrected chi connectivity index (χ0v) is 12.6. The van der Waals surface area contributed by atoms with Gasteiger partial charge in [-0.05, 0) is 12.1 Å². The third-order valence-corrected chi connectivity index (χ3v) is 3.37. The van der Waals surface area contributed by atoms with Crippen LogP contribution in [-0.4, -0.2) is 16.6 Å². The average molecular weight is 356 g/mol. The van der Waals surface area contributed by atoms with Crippen molar-refractivity contribution in [2.24, 2.45) is 0 Å². The molecule has 71 valence electrons. The van der Waals surface area contributed by atoms with Gasteiger partial charge in [-0.3, -0.25) is 4.79 Å². The molecular weight excluding hydrogens is 349 g/mol. The molecule has 2 rings (SSSR count). The van der Waals surface area contributed by atoms with Crippen molar-refractivity contribution in [3.05, 3.63) is 22.7 Å². The van der Waals surface area contributed by atoms with Gasteiger partial charge in [0, 0.05) is 53.5 Å². The molecule has 0 atom stereocenters. The molecule has 0 bridgehead atoms. The largest absolute Gasteiger partial charge is 0.507 e. The van der Waals surface area contributed by atoms with E-state index in [0.29, 0.717) is 21.9 Å². The minimum absolute atomic E-state index is 0. The maximum atomic E-state index is 11.4. The molecule has 0 spiro atoms. The number of benzene rings is 1. The Labute approximate surface area is 124 Å². The number of carbonyl (C=O) groups is 1. The van der Waals surface area contributed by atoms with Gasteiger partial charge in [0.25, 0.3) is 0 Å². The fourth-order valence-corrected chi connectivity index (χ4v) is 2.72. The third-order valence-electron chi connectivity index (χ3n) is 1.94. The van der Waals surface area contributed by atoms with Gasteiger partial charge in [-0.2, -0.15) is 0 Å². The molecule has 0 saturated carbocycles. The Balaban J connectivity index is 0.000000980. The number of halogens is 1.